The summed E-state index contributed by atoms with van der Waals surface area (Å²) in [5, 5.41) is 18.0. The Labute approximate surface area is 160 Å². The van der Waals surface area contributed by atoms with Crippen LogP contribution >= 0.6 is 21.6 Å². The number of aliphatic carboxylic acids is 2. The van der Waals surface area contributed by atoms with Gasteiger partial charge in [0.1, 0.15) is 12.1 Å². The van der Waals surface area contributed by atoms with E-state index in [-0.39, 0.29) is 9.49 Å². The molecular formula is C17H36N2O4S2. The molecule has 0 spiro atoms. The van der Waals surface area contributed by atoms with E-state index in [1.165, 1.54) is 0 Å². The number of nitrogens with two attached hydrogens (primary N) is 2. The Morgan fingerprint density at radius 1 is 0.880 bits per heavy atom. The van der Waals surface area contributed by atoms with Crippen LogP contribution in [0.1, 0.15) is 68.2 Å². The van der Waals surface area contributed by atoms with Crippen molar-refractivity contribution in [2.24, 2.45) is 16.9 Å². The van der Waals surface area contributed by atoms with Gasteiger partial charge in [0, 0.05) is 9.49 Å². The molecule has 0 rings (SSSR count). The summed E-state index contributed by atoms with van der Waals surface area (Å²) in [5.74, 6) is -2.01. The summed E-state index contributed by atoms with van der Waals surface area (Å²) in [5.41, 5.74) is 10.8. The van der Waals surface area contributed by atoms with Gasteiger partial charge in [0.2, 0.25) is 0 Å². The van der Waals surface area contributed by atoms with Gasteiger partial charge in [0.25, 0.3) is 0 Å². The van der Waals surface area contributed by atoms with Crippen LogP contribution in [0.15, 0.2) is 0 Å². The molecule has 0 aromatic rings. The lowest BCUT2D eigenvalue weighted by atomic mass is 9.77. The zero-order valence-electron chi connectivity index (χ0n) is 16.8. The smallest absolute Gasteiger partial charge is 0.321 e. The van der Waals surface area contributed by atoms with Gasteiger partial charge in [-0.2, -0.15) is 0 Å². The lowest BCUT2D eigenvalue weighted by Gasteiger charge is -2.38. The largest absolute Gasteiger partial charge is 0.480 e. The molecule has 0 aliphatic rings. The summed E-state index contributed by atoms with van der Waals surface area (Å²) >= 11 is 0. The first-order valence-electron chi connectivity index (χ1n) is 8.43. The van der Waals surface area contributed by atoms with Crippen molar-refractivity contribution < 1.29 is 19.8 Å². The Kier molecular flexibility index (Phi) is 11.4. The van der Waals surface area contributed by atoms with Crippen LogP contribution in [-0.2, 0) is 9.59 Å². The molecule has 0 bridgehead atoms. The Morgan fingerprint density at radius 2 is 1.28 bits per heavy atom. The van der Waals surface area contributed by atoms with E-state index in [0.29, 0.717) is 12.8 Å². The summed E-state index contributed by atoms with van der Waals surface area (Å²) in [6, 6.07) is -1.82. The molecule has 150 valence electrons. The number of rotatable bonds is 10. The third-order valence-electron chi connectivity index (χ3n) is 3.51. The summed E-state index contributed by atoms with van der Waals surface area (Å²) < 4.78 is -0.523. The Balaban J connectivity index is 0. The first-order chi connectivity index (χ1) is 11.1. The molecule has 25 heavy (non-hydrogen) atoms. The van der Waals surface area contributed by atoms with Gasteiger partial charge in [0.05, 0.1) is 0 Å². The van der Waals surface area contributed by atoms with E-state index in [1.54, 1.807) is 21.6 Å². The average molecular weight is 397 g/mol. The highest BCUT2D eigenvalue weighted by atomic mass is 33.1. The van der Waals surface area contributed by atoms with E-state index in [1.807, 2.05) is 55.4 Å². The first kappa shape index (κ1) is 26.8. The molecule has 2 unspecified atom stereocenters. The maximum absolute atomic E-state index is 11.1. The fourth-order valence-electron chi connectivity index (χ4n) is 2.45. The topological polar surface area (TPSA) is 127 Å². The second-order valence-corrected chi connectivity index (χ2v) is 11.4. The molecule has 0 amide bonds. The first-order valence-corrected chi connectivity index (χ1v) is 10.6. The molecule has 6 N–H and O–H groups in total. The van der Waals surface area contributed by atoms with Crippen molar-refractivity contribution >= 4 is 33.5 Å². The van der Waals surface area contributed by atoms with Crippen molar-refractivity contribution in [3.63, 3.8) is 0 Å². The lowest BCUT2D eigenvalue weighted by Crippen LogP contribution is -2.46. The van der Waals surface area contributed by atoms with Gasteiger partial charge < -0.3 is 21.7 Å². The van der Waals surface area contributed by atoms with E-state index < -0.39 is 29.4 Å². The maximum atomic E-state index is 11.1. The standard InChI is InChI=1S/C15H30N2O4S2.C2H6/c1-13(2,10(17)12(20)21)8-15(5,6)23-22-14(3,4)7-9(16)11(18)19;1-2/h9-10H,7-8,16-17H2,1-6H3,(H,18,19)(H,20,21);1-2H3. The van der Waals surface area contributed by atoms with Crippen LogP contribution in [0.25, 0.3) is 0 Å². The Bertz CT molecular complexity index is 440. The third kappa shape index (κ3) is 11.0. The molecule has 6 nitrogen and oxygen atoms in total. The van der Waals surface area contributed by atoms with E-state index in [4.69, 9.17) is 21.7 Å². The molecule has 2 atom stereocenters. The molecule has 0 aromatic carbocycles. The monoisotopic (exact) mass is 396 g/mol. The van der Waals surface area contributed by atoms with Crippen LogP contribution < -0.4 is 11.5 Å². The predicted octanol–water partition coefficient (Wildman–Crippen LogP) is 3.58. The zero-order chi connectivity index (χ0) is 20.6. The highest BCUT2D eigenvalue weighted by molar-refractivity contribution is 8.77. The van der Waals surface area contributed by atoms with Gasteiger partial charge in [-0.15, -0.1) is 0 Å². The molecule has 8 heteroatoms. The molecule has 0 aromatic heterocycles. The van der Waals surface area contributed by atoms with Gasteiger partial charge >= 0.3 is 11.9 Å². The minimum Gasteiger partial charge on any atom is -0.480 e. The van der Waals surface area contributed by atoms with Crippen LogP contribution in [0.4, 0.5) is 0 Å². The molecule has 0 fully saturated rings. The lowest BCUT2D eigenvalue weighted by molar-refractivity contribution is -0.141. The van der Waals surface area contributed by atoms with Gasteiger partial charge in [-0.05, 0) is 46.0 Å². The number of carboxylic acid groups (broad SMARTS) is 2. The molecule has 0 aliphatic heterocycles. The number of hydrogen-bond acceptors (Lipinski definition) is 6. The third-order valence-corrected chi connectivity index (χ3v) is 7.76. The van der Waals surface area contributed by atoms with Crippen LogP contribution in [0.2, 0.25) is 0 Å². The zero-order valence-corrected chi connectivity index (χ0v) is 18.4. The minimum atomic E-state index is -1.00. The average Bonchev–Trinajstić information content (AvgIpc) is 2.45. The fraction of sp³-hybridized carbons (Fsp3) is 0.882. The van der Waals surface area contributed by atoms with Gasteiger partial charge in [-0.1, -0.05) is 49.3 Å². The van der Waals surface area contributed by atoms with Gasteiger partial charge in [0.15, 0.2) is 0 Å². The predicted molar refractivity (Wildman–Crippen MR) is 109 cm³/mol. The van der Waals surface area contributed by atoms with Gasteiger partial charge in [-0.25, -0.2) is 0 Å². The van der Waals surface area contributed by atoms with Crippen molar-refractivity contribution in [1.29, 1.82) is 0 Å². The molecule has 0 radical (unpaired) electrons. The van der Waals surface area contributed by atoms with Crippen LogP contribution in [0, 0.1) is 5.41 Å². The summed E-state index contributed by atoms with van der Waals surface area (Å²) in [7, 11) is 3.19. The normalized spacial score (nSPS) is 15.0. The van der Waals surface area contributed by atoms with Crippen molar-refractivity contribution in [1.82, 2.24) is 0 Å². The van der Waals surface area contributed by atoms with Crippen LogP contribution in [-0.4, -0.2) is 43.7 Å². The highest BCUT2D eigenvalue weighted by Gasteiger charge is 2.38. The number of carboxylic acids is 2. The van der Waals surface area contributed by atoms with E-state index >= 15 is 0 Å². The van der Waals surface area contributed by atoms with Crippen molar-refractivity contribution in [2.75, 3.05) is 0 Å². The maximum Gasteiger partial charge on any atom is 0.321 e. The van der Waals surface area contributed by atoms with Crippen molar-refractivity contribution in [3.8, 4) is 0 Å². The van der Waals surface area contributed by atoms with Crippen molar-refractivity contribution in [3.05, 3.63) is 0 Å². The van der Waals surface area contributed by atoms with E-state index in [0.717, 1.165) is 0 Å². The Morgan fingerprint density at radius 3 is 1.64 bits per heavy atom. The quantitative estimate of drug-likeness (QED) is 0.413. The fourth-order valence-corrected chi connectivity index (χ4v) is 5.31. The Hall–Kier alpha value is -0.440. The number of carbonyl (C=O) groups is 2. The van der Waals surface area contributed by atoms with Crippen LogP contribution in [0.5, 0.6) is 0 Å². The van der Waals surface area contributed by atoms with Gasteiger partial charge in [-0.3, -0.25) is 9.59 Å². The molecule has 0 heterocycles. The van der Waals surface area contributed by atoms with Crippen molar-refractivity contribution in [2.45, 2.75) is 89.8 Å². The number of hydrogen-bond donors (Lipinski definition) is 4. The minimum absolute atomic E-state index is 0.216. The summed E-state index contributed by atoms with van der Waals surface area (Å²) in [6.07, 6.45) is 0.973. The summed E-state index contributed by atoms with van der Waals surface area (Å²) in [6.45, 7) is 15.7. The van der Waals surface area contributed by atoms with E-state index in [2.05, 4.69) is 0 Å². The highest BCUT2D eigenvalue weighted by Crippen LogP contribution is 2.49. The molecule has 0 saturated heterocycles. The molecule has 0 aliphatic carbocycles. The molecular weight excluding hydrogens is 360 g/mol. The summed E-state index contributed by atoms with van der Waals surface area (Å²) in [4.78, 5) is 22.0. The molecule has 0 saturated carbocycles. The van der Waals surface area contributed by atoms with E-state index in [9.17, 15) is 9.59 Å². The van der Waals surface area contributed by atoms with Crippen LogP contribution in [0.3, 0.4) is 0 Å². The SMILES string of the molecule is CC.CC(C)(CC(N)C(=O)O)SSC(C)(C)CC(C)(C)C(N)C(=O)O. The second kappa shape index (κ2) is 10.6. The second-order valence-electron chi connectivity index (χ2n) is 7.82.